The normalized spacial score (nSPS) is 20.3. The monoisotopic (exact) mass is 381 g/mol. The van der Waals surface area contributed by atoms with Gasteiger partial charge in [-0.05, 0) is 41.5 Å². The number of aryl methyl sites for hydroxylation is 1. The predicted molar refractivity (Wildman–Crippen MR) is 104 cm³/mol. The molecule has 2 N–H and O–H groups in total. The number of hydrogen-bond acceptors (Lipinski definition) is 2. The minimum Gasteiger partial charge on any atom is -0.393 e. The summed E-state index contributed by atoms with van der Waals surface area (Å²) in [6.45, 7) is 2.13. The van der Waals surface area contributed by atoms with Crippen LogP contribution in [-0.4, -0.2) is 11.2 Å². The molecular formula is C21H20BrNO. The highest BCUT2D eigenvalue weighted by Gasteiger charge is 2.25. The van der Waals surface area contributed by atoms with E-state index in [-0.39, 0.29) is 12.1 Å². The number of aliphatic hydroxyl groups is 1. The van der Waals surface area contributed by atoms with Crippen LogP contribution in [0.2, 0.25) is 0 Å². The van der Waals surface area contributed by atoms with Gasteiger partial charge in [-0.25, -0.2) is 0 Å². The first-order valence-corrected chi connectivity index (χ1v) is 9.13. The van der Waals surface area contributed by atoms with Crippen molar-refractivity contribution in [3.05, 3.63) is 75.8 Å². The molecule has 0 spiro atoms. The summed E-state index contributed by atoms with van der Waals surface area (Å²) in [6, 6.07) is 19.1. The first-order chi connectivity index (χ1) is 11.6. The molecule has 0 fully saturated rings. The third-order valence-electron chi connectivity index (χ3n) is 4.92. The minimum atomic E-state index is -0.351. The van der Waals surface area contributed by atoms with E-state index in [2.05, 4.69) is 82.8 Å². The van der Waals surface area contributed by atoms with Gasteiger partial charge in [-0.1, -0.05) is 64.5 Å². The minimum absolute atomic E-state index is 0.118. The summed E-state index contributed by atoms with van der Waals surface area (Å²) in [5.41, 5.74) is 4.84. The largest absolute Gasteiger partial charge is 0.393 e. The van der Waals surface area contributed by atoms with Gasteiger partial charge in [-0.2, -0.15) is 0 Å². The van der Waals surface area contributed by atoms with Crippen molar-refractivity contribution in [2.24, 2.45) is 0 Å². The molecule has 0 saturated heterocycles. The van der Waals surface area contributed by atoms with Crippen LogP contribution in [0.5, 0.6) is 0 Å². The second kappa shape index (κ2) is 6.23. The molecule has 0 aliphatic carbocycles. The van der Waals surface area contributed by atoms with Crippen molar-refractivity contribution < 1.29 is 5.11 Å². The fourth-order valence-corrected chi connectivity index (χ4v) is 4.36. The second-order valence-electron chi connectivity index (χ2n) is 6.59. The molecule has 24 heavy (non-hydrogen) atoms. The topological polar surface area (TPSA) is 32.3 Å². The molecule has 0 radical (unpaired) electrons. The SMILES string of the molecule is Cc1ccccc1[C@@H]1C[C@H](O)Cc2cc(Br)c3ccccc3c2N1. The van der Waals surface area contributed by atoms with Gasteiger partial charge in [-0.3, -0.25) is 0 Å². The maximum absolute atomic E-state index is 10.6. The summed E-state index contributed by atoms with van der Waals surface area (Å²) in [6.07, 6.45) is 1.04. The highest BCUT2D eigenvalue weighted by atomic mass is 79.9. The second-order valence-corrected chi connectivity index (χ2v) is 7.44. The van der Waals surface area contributed by atoms with E-state index in [0.717, 1.165) is 10.2 Å². The third kappa shape index (κ3) is 2.72. The van der Waals surface area contributed by atoms with Gasteiger partial charge in [0.15, 0.2) is 0 Å². The van der Waals surface area contributed by atoms with Crippen LogP contribution in [0.4, 0.5) is 5.69 Å². The van der Waals surface area contributed by atoms with Gasteiger partial charge in [-0.15, -0.1) is 0 Å². The lowest BCUT2D eigenvalue weighted by Crippen LogP contribution is -2.17. The van der Waals surface area contributed by atoms with Crippen molar-refractivity contribution in [1.82, 2.24) is 0 Å². The van der Waals surface area contributed by atoms with Crippen LogP contribution in [0.1, 0.15) is 29.2 Å². The van der Waals surface area contributed by atoms with Crippen LogP contribution in [0.3, 0.4) is 0 Å². The van der Waals surface area contributed by atoms with Crippen molar-refractivity contribution in [2.45, 2.75) is 31.9 Å². The number of halogens is 1. The molecule has 3 heteroatoms. The van der Waals surface area contributed by atoms with Crippen LogP contribution < -0.4 is 5.32 Å². The van der Waals surface area contributed by atoms with Crippen LogP contribution in [0.25, 0.3) is 10.8 Å². The molecule has 3 aromatic rings. The first kappa shape index (κ1) is 15.7. The Morgan fingerprint density at radius 2 is 1.75 bits per heavy atom. The van der Waals surface area contributed by atoms with Gasteiger partial charge in [0.25, 0.3) is 0 Å². The van der Waals surface area contributed by atoms with E-state index in [4.69, 9.17) is 0 Å². The van der Waals surface area contributed by atoms with E-state index in [1.807, 2.05) is 0 Å². The molecule has 3 aromatic carbocycles. The van der Waals surface area contributed by atoms with E-state index in [1.54, 1.807) is 0 Å². The number of hydrogen-bond donors (Lipinski definition) is 2. The molecule has 4 rings (SSSR count). The molecule has 1 aliphatic rings. The fourth-order valence-electron chi connectivity index (χ4n) is 3.74. The van der Waals surface area contributed by atoms with E-state index in [1.165, 1.54) is 27.5 Å². The van der Waals surface area contributed by atoms with Gasteiger partial charge in [0.1, 0.15) is 0 Å². The fraction of sp³-hybridized carbons (Fsp3) is 0.238. The Hall–Kier alpha value is -1.84. The standard InChI is InChI=1S/C21H20BrNO/c1-13-6-2-3-7-16(13)20-12-15(24)10-14-11-19(22)17-8-4-5-9-18(17)21(14)23-20/h2-9,11,15,20,23-24H,10,12H2,1H3/t15-,20+/m1/s1. The Kier molecular flexibility index (Phi) is 4.07. The Morgan fingerprint density at radius 3 is 2.54 bits per heavy atom. The van der Waals surface area contributed by atoms with Crippen LogP contribution >= 0.6 is 15.9 Å². The number of aliphatic hydroxyl groups excluding tert-OH is 1. The van der Waals surface area contributed by atoms with Crippen molar-refractivity contribution in [1.29, 1.82) is 0 Å². The molecule has 0 unspecified atom stereocenters. The Balaban J connectivity index is 1.88. The smallest absolute Gasteiger partial charge is 0.0604 e. The highest BCUT2D eigenvalue weighted by molar-refractivity contribution is 9.10. The van der Waals surface area contributed by atoms with Crippen molar-refractivity contribution in [2.75, 3.05) is 5.32 Å². The Bertz CT molecular complexity index is 905. The van der Waals surface area contributed by atoms with E-state index < -0.39 is 0 Å². The molecule has 122 valence electrons. The molecule has 0 saturated carbocycles. The quantitative estimate of drug-likeness (QED) is 0.593. The summed E-state index contributed by atoms with van der Waals surface area (Å²) >= 11 is 3.68. The lowest BCUT2D eigenvalue weighted by molar-refractivity contribution is 0.161. The highest BCUT2D eigenvalue weighted by Crippen LogP contribution is 2.40. The lowest BCUT2D eigenvalue weighted by Gasteiger charge is -2.22. The van der Waals surface area contributed by atoms with Crippen LogP contribution in [-0.2, 0) is 6.42 Å². The lowest BCUT2D eigenvalue weighted by atomic mass is 9.96. The molecule has 0 aromatic heterocycles. The van der Waals surface area contributed by atoms with Crippen LogP contribution in [0.15, 0.2) is 59.1 Å². The summed E-state index contributed by atoms with van der Waals surface area (Å²) in [7, 11) is 0. The number of fused-ring (bicyclic) bond motifs is 3. The van der Waals surface area contributed by atoms with Crippen molar-refractivity contribution in [3.8, 4) is 0 Å². The van der Waals surface area contributed by atoms with E-state index >= 15 is 0 Å². The Morgan fingerprint density at radius 1 is 1.04 bits per heavy atom. The van der Waals surface area contributed by atoms with Gasteiger partial charge < -0.3 is 10.4 Å². The average Bonchev–Trinajstić information content (AvgIpc) is 2.74. The molecule has 0 bridgehead atoms. The molecule has 2 atom stereocenters. The summed E-state index contributed by atoms with van der Waals surface area (Å²) in [5, 5.41) is 16.7. The number of benzene rings is 3. The van der Waals surface area contributed by atoms with E-state index in [0.29, 0.717) is 12.8 Å². The van der Waals surface area contributed by atoms with Crippen LogP contribution in [0, 0.1) is 6.92 Å². The van der Waals surface area contributed by atoms with Crippen molar-refractivity contribution >= 4 is 32.4 Å². The molecule has 0 amide bonds. The zero-order chi connectivity index (χ0) is 16.7. The Labute approximate surface area is 150 Å². The molecule has 1 heterocycles. The number of rotatable bonds is 1. The predicted octanol–water partition coefficient (Wildman–Crippen LogP) is 5.37. The first-order valence-electron chi connectivity index (χ1n) is 8.33. The van der Waals surface area contributed by atoms with E-state index in [9.17, 15) is 5.11 Å². The summed E-state index contributed by atoms with van der Waals surface area (Å²) in [4.78, 5) is 0. The van der Waals surface area contributed by atoms with Gasteiger partial charge in [0.2, 0.25) is 0 Å². The summed E-state index contributed by atoms with van der Waals surface area (Å²) < 4.78 is 1.08. The average molecular weight is 382 g/mol. The molecule has 2 nitrogen and oxygen atoms in total. The molecule has 1 aliphatic heterocycles. The zero-order valence-corrected chi connectivity index (χ0v) is 15.2. The van der Waals surface area contributed by atoms with Gasteiger partial charge >= 0.3 is 0 Å². The maximum Gasteiger partial charge on any atom is 0.0604 e. The third-order valence-corrected chi connectivity index (χ3v) is 5.58. The zero-order valence-electron chi connectivity index (χ0n) is 13.6. The van der Waals surface area contributed by atoms with Crippen molar-refractivity contribution in [3.63, 3.8) is 0 Å². The van der Waals surface area contributed by atoms with Gasteiger partial charge in [0.05, 0.1) is 12.1 Å². The van der Waals surface area contributed by atoms with Gasteiger partial charge in [0, 0.05) is 22.0 Å². The number of nitrogens with one attached hydrogen (secondary N) is 1. The summed E-state index contributed by atoms with van der Waals surface area (Å²) in [5.74, 6) is 0. The molecular weight excluding hydrogens is 362 g/mol. The maximum atomic E-state index is 10.6. The number of anilines is 1.